The third-order valence-corrected chi connectivity index (χ3v) is 2.82. The van der Waals surface area contributed by atoms with Gasteiger partial charge in [-0.1, -0.05) is 11.6 Å². The SMILES string of the molecule is O=c1[nH]c(-c2ccc(F)cc2Cl)ncc1Br. The average molecular weight is 304 g/mol. The molecule has 1 aromatic carbocycles. The van der Waals surface area contributed by atoms with Crippen molar-refractivity contribution in [3.8, 4) is 11.4 Å². The molecular formula is C10H5BrClFN2O. The van der Waals surface area contributed by atoms with E-state index in [9.17, 15) is 9.18 Å². The van der Waals surface area contributed by atoms with Gasteiger partial charge in [0, 0.05) is 11.8 Å². The number of nitrogens with one attached hydrogen (secondary N) is 1. The van der Waals surface area contributed by atoms with Crippen LogP contribution in [0.3, 0.4) is 0 Å². The molecule has 3 nitrogen and oxygen atoms in total. The number of hydrogen-bond donors (Lipinski definition) is 1. The van der Waals surface area contributed by atoms with E-state index in [2.05, 4.69) is 25.9 Å². The van der Waals surface area contributed by atoms with Gasteiger partial charge in [0.2, 0.25) is 0 Å². The van der Waals surface area contributed by atoms with Crippen molar-refractivity contribution in [3.63, 3.8) is 0 Å². The number of rotatable bonds is 1. The fourth-order valence-electron chi connectivity index (χ4n) is 1.20. The molecule has 2 rings (SSSR count). The third-order valence-electron chi connectivity index (χ3n) is 1.94. The monoisotopic (exact) mass is 302 g/mol. The molecule has 1 aromatic heterocycles. The van der Waals surface area contributed by atoms with E-state index in [0.717, 1.165) is 0 Å². The molecule has 0 spiro atoms. The van der Waals surface area contributed by atoms with Crippen LogP contribution < -0.4 is 5.56 Å². The van der Waals surface area contributed by atoms with Gasteiger partial charge in [0.1, 0.15) is 16.1 Å². The van der Waals surface area contributed by atoms with Crippen molar-refractivity contribution in [3.05, 3.63) is 50.1 Å². The first kappa shape index (κ1) is 11.3. The molecule has 0 saturated heterocycles. The fourth-order valence-corrected chi connectivity index (χ4v) is 1.66. The molecule has 0 atom stereocenters. The average Bonchev–Trinajstić information content (AvgIpc) is 2.22. The van der Waals surface area contributed by atoms with Crippen molar-refractivity contribution in [2.45, 2.75) is 0 Å². The van der Waals surface area contributed by atoms with Crippen LogP contribution in [-0.4, -0.2) is 9.97 Å². The predicted octanol–water partition coefficient (Wildman–Crippen LogP) is 2.99. The zero-order valence-electron chi connectivity index (χ0n) is 7.80. The summed E-state index contributed by atoms with van der Waals surface area (Å²) in [5, 5.41) is 0.200. The Morgan fingerprint density at radius 3 is 2.81 bits per heavy atom. The molecule has 0 aliphatic carbocycles. The number of halogens is 3. The molecule has 0 unspecified atom stereocenters. The second-order valence-corrected chi connectivity index (χ2v) is 4.29. The fraction of sp³-hybridized carbons (Fsp3) is 0. The highest BCUT2D eigenvalue weighted by molar-refractivity contribution is 9.10. The summed E-state index contributed by atoms with van der Waals surface area (Å²) in [4.78, 5) is 17.9. The summed E-state index contributed by atoms with van der Waals surface area (Å²) in [6.45, 7) is 0. The van der Waals surface area contributed by atoms with Gasteiger partial charge in [0.05, 0.1) is 5.02 Å². The summed E-state index contributed by atoms with van der Waals surface area (Å²) in [6.07, 6.45) is 1.37. The van der Waals surface area contributed by atoms with Crippen molar-refractivity contribution in [2.75, 3.05) is 0 Å². The van der Waals surface area contributed by atoms with E-state index < -0.39 is 5.82 Å². The Morgan fingerprint density at radius 2 is 2.19 bits per heavy atom. The van der Waals surface area contributed by atoms with E-state index in [1.807, 2.05) is 0 Å². The lowest BCUT2D eigenvalue weighted by Gasteiger charge is -2.03. The second-order valence-electron chi connectivity index (χ2n) is 3.03. The Bertz CT molecular complexity index is 600. The highest BCUT2D eigenvalue weighted by Crippen LogP contribution is 2.25. The van der Waals surface area contributed by atoms with Crippen LogP contribution >= 0.6 is 27.5 Å². The van der Waals surface area contributed by atoms with E-state index in [-0.39, 0.29) is 10.6 Å². The summed E-state index contributed by atoms with van der Waals surface area (Å²) >= 11 is 8.88. The van der Waals surface area contributed by atoms with Crippen LogP contribution in [0.15, 0.2) is 33.7 Å². The van der Waals surface area contributed by atoms with Crippen LogP contribution in [-0.2, 0) is 0 Å². The molecule has 0 radical (unpaired) electrons. The van der Waals surface area contributed by atoms with Gasteiger partial charge < -0.3 is 4.98 Å². The van der Waals surface area contributed by atoms with Crippen LogP contribution in [0.25, 0.3) is 11.4 Å². The number of hydrogen-bond acceptors (Lipinski definition) is 2. The molecule has 1 N–H and O–H groups in total. The van der Waals surface area contributed by atoms with Gasteiger partial charge in [0.15, 0.2) is 0 Å². The van der Waals surface area contributed by atoms with Crippen molar-refractivity contribution in [1.82, 2.24) is 9.97 Å². The molecular weight excluding hydrogens is 298 g/mol. The molecule has 0 aliphatic heterocycles. The first-order valence-corrected chi connectivity index (χ1v) is 5.45. The predicted molar refractivity (Wildman–Crippen MR) is 63.0 cm³/mol. The maximum atomic E-state index is 12.8. The lowest BCUT2D eigenvalue weighted by atomic mass is 10.2. The molecule has 0 bridgehead atoms. The summed E-state index contributed by atoms with van der Waals surface area (Å²) < 4.78 is 13.2. The molecule has 0 fully saturated rings. The number of aromatic amines is 1. The molecule has 16 heavy (non-hydrogen) atoms. The van der Waals surface area contributed by atoms with Crippen LogP contribution in [0.4, 0.5) is 4.39 Å². The Balaban J connectivity index is 2.59. The molecule has 0 saturated carbocycles. The van der Waals surface area contributed by atoms with E-state index >= 15 is 0 Å². The van der Waals surface area contributed by atoms with Crippen LogP contribution in [0.2, 0.25) is 5.02 Å². The van der Waals surface area contributed by atoms with Crippen molar-refractivity contribution in [1.29, 1.82) is 0 Å². The third kappa shape index (κ3) is 2.15. The van der Waals surface area contributed by atoms with Crippen molar-refractivity contribution in [2.24, 2.45) is 0 Å². The van der Waals surface area contributed by atoms with E-state index in [4.69, 9.17) is 11.6 Å². The zero-order chi connectivity index (χ0) is 11.7. The minimum Gasteiger partial charge on any atom is -0.306 e. The quantitative estimate of drug-likeness (QED) is 0.880. The molecule has 1 heterocycles. The summed E-state index contributed by atoms with van der Waals surface area (Å²) in [6, 6.07) is 3.88. The van der Waals surface area contributed by atoms with Crippen LogP contribution in [0.1, 0.15) is 0 Å². The lowest BCUT2D eigenvalue weighted by molar-refractivity contribution is 0.628. The Kier molecular flexibility index (Phi) is 3.07. The van der Waals surface area contributed by atoms with Gasteiger partial charge in [-0.25, -0.2) is 9.37 Å². The molecule has 0 amide bonds. The maximum absolute atomic E-state index is 12.8. The van der Waals surface area contributed by atoms with Gasteiger partial charge in [-0.3, -0.25) is 4.79 Å². The van der Waals surface area contributed by atoms with Crippen LogP contribution in [0, 0.1) is 5.82 Å². The zero-order valence-corrected chi connectivity index (χ0v) is 10.1. The number of aromatic nitrogens is 2. The van der Waals surface area contributed by atoms with Gasteiger partial charge in [-0.2, -0.15) is 0 Å². The Labute approximate surface area is 103 Å². The minimum absolute atomic E-state index is 0.200. The smallest absolute Gasteiger partial charge is 0.265 e. The lowest BCUT2D eigenvalue weighted by Crippen LogP contribution is -2.09. The van der Waals surface area contributed by atoms with E-state index in [1.165, 1.54) is 24.4 Å². The molecule has 0 aliphatic rings. The minimum atomic E-state index is -0.437. The highest BCUT2D eigenvalue weighted by atomic mass is 79.9. The Hall–Kier alpha value is -1.20. The van der Waals surface area contributed by atoms with Crippen LogP contribution in [0.5, 0.6) is 0 Å². The first-order valence-electron chi connectivity index (χ1n) is 4.28. The van der Waals surface area contributed by atoms with Gasteiger partial charge in [-0.15, -0.1) is 0 Å². The maximum Gasteiger partial charge on any atom is 0.265 e. The number of benzene rings is 1. The summed E-state index contributed by atoms with van der Waals surface area (Å²) in [5.74, 6) is -0.133. The largest absolute Gasteiger partial charge is 0.306 e. The molecule has 2 aromatic rings. The molecule has 6 heteroatoms. The number of nitrogens with zero attached hydrogens (tertiary/aromatic N) is 1. The summed E-state index contributed by atoms with van der Waals surface area (Å²) in [7, 11) is 0. The standard InChI is InChI=1S/C10H5BrClFN2O/c11-7-4-14-9(15-10(7)16)6-2-1-5(13)3-8(6)12/h1-4H,(H,14,15,16). The van der Waals surface area contributed by atoms with E-state index in [0.29, 0.717) is 15.9 Å². The van der Waals surface area contributed by atoms with Gasteiger partial charge >= 0.3 is 0 Å². The highest BCUT2D eigenvalue weighted by Gasteiger charge is 2.07. The number of H-pyrrole nitrogens is 1. The second kappa shape index (κ2) is 4.35. The van der Waals surface area contributed by atoms with Gasteiger partial charge in [0.25, 0.3) is 5.56 Å². The van der Waals surface area contributed by atoms with E-state index in [1.54, 1.807) is 0 Å². The normalized spacial score (nSPS) is 10.4. The van der Waals surface area contributed by atoms with Gasteiger partial charge in [-0.05, 0) is 34.1 Å². The van der Waals surface area contributed by atoms with Crippen molar-refractivity contribution < 1.29 is 4.39 Å². The van der Waals surface area contributed by atoms with Crippen molar-refractivity contribution >= 4 is 27.5 Å². The topological polar surface area (TPSA) is 45.8 Å². The first-order chi connectivity index (χ1) is 7.58. The Morgan fingerprint density at radius 1 is 1.44 bits per heavy atom. The summed E-state index contributed by atoms with van der Waals surface area (Å²) in [5.41, 5.74) is 0.165. The molecule has 82 valence electrons.